The molecule has 0 bridgehead atoms. The Hall–Kier alpha value is -1.61. The lowest BCUT2D eigenvalue weighted by Crippen LogP contribution is -2.48. The van der Waals surface area contributed by atoms with Gasteiger partial charge in [-0.05, 0) is 27.7 Å². The van der Waals surface area contributed by atoms with E-state index in [1.54, 1.807) is 7.11 Å². The Morgan fingerprint density at radius 2 is 1.95 bits per heavy atom. The van der Waals surface area contributed by atoms with Crippen molar-refractivity contribution >= 4 is 11.5 Å². The predicted molar refractivity (Wildman–Crippen MR) is 79.1 cm³/mol. The lowest BCUT2D eigenvalue weighted by Gasteiger charge is -2.38. The van der Waals surface area contributed by atoms with E-state index in [1.165, 1.54) is 16.7 Å². The van der Waals surface area contributed by atoms with Gasteiger partial charge in [-0.3, -0.25) is 4.79 Å². The quantitative estimate of drug-likeness (QED) is 0.852. The minimum Gasteiger partial charge on any atom is -0.372 e. The summed E-state index contributed by atoms with van der Waals surface area (Å²) in [6.45, 7) is 6.47. The van der Waals surface area contributed by atoms with Crippen LogP contribution in [0.2, 0.25) is 0 Å². The van der Waals surface area contributed by atoms with Gasteiger partial charge in [0.25, 0.3) is 0 Å². The fraction of sp³-hybridized carbons (Fsp3) is 0.471. The topological polar surface area (TPSA) is 38.3 Å². The highest BCUT2D eigenvalue weighted by atomic mass is 16.5. The molecule has 1 heterocycles. The molecular weight excluding hydrogens is 250 g/mol. The number of rotatable bonds is 1. The van der Waals surface area contributed by atoms with Crippen LogP contribution in [0.3, 0.4) is 0 Å². The molecule has 1 aromatic carbocycles. The smallest absolute Gasteiger partial charge is 0.224 e. The molecule has 20 heavy (non-hydrogen) atoms. The standard InChI is InChI=1S/C17H21NO2/c1-17(2,3)16-14-12(9-13(19)18-16)10-7-5-6-8-11(10)15(14)20-4/h5-8,15-16H,9H2,1-4H3,(H,18,19)/t15-,16-/m1/s1. The van der Waals surface area contributed by atoms with Gasteiger partial charge in [-0.1, -0.05) is 45.0 Å². The van der Waals surface area contributed by atoms with E-state index in [0.29, 0.717) is 6.42 Å². The van der Waals surface area contributed by atoms with Crippen LogP contribution in [0.15, 0.2) is 29.8 Å². The molecule has 3 heteroatoms. The molecule has 0 spiro atoms. The second-order valence-corrected chi connectivity index (χ2v) is 6.68. The first kappa shape index (κ1) is 13.4. The van der Waals surface area contributed by atoms with E-state index >= 15 is 0 Å². The average molecular weight is 271 g/mol. The minimum absolute atomic E-state index is 0.0242. The zero-order valence-electron chi connectivity index (χ0n) is 12.5. The molecular formula is C17H21NO2. The van der Waals surface area contributed by atoms with E-state index in [9.17, 15) is 4.79 Å². The Bertz CT molecular complexity index is 595. The Balaban J connectivity index is 2.19. The summed E-state index contributed by atoms with van der Waals surface area (Å²) in [5, 5.41) is 3.15. The summed E-state index contributed by atoms with van der Waals surface area (Å²) in [5.74, 6) is 0.107. The number of hydrogen-bond donors (Lipinski definition) is 1. The first-order valence-electron chi connectivity index (χ1n) is 7.08. The molecule has 1 aromatic rings. The van der Waals surface area contributed by atoms with Crippen LogP contribution < -0.4 is 5.32 Å². The van der Waals surface area contributed by atoms with Gasteiger partial charge in [-0.25, -0.2) is 0 Å². The van der Waals surface area contributed by atoms with Crippen molar-refractivity contribution in [1.82, 2.24) is 5.32 Å². The van der Waals surface area contributed by atoms with Crippen LogP contribution >= 0.6 is 0 Å². The molecule has 2 atom stereocenters. The summed E-state index contributed by atoms with van der Waals surface area (Å²) in [6, 6.07) is 8.29. The van der Waals surface area contributed by atoms with Crippen LogP contribution in [0.1, 0.15) is 44.4 Å². The number of ether oxygens (including phenoxy) is 1. The summed E-state index contributed by atoms with van der Waals surface area (Å²) in [7, 11) is 1.74. The van der Waals surface area contributed by atoms with Crippen molar-refractivity contribution < 1.29 is 9.53 Å². The molecule has 0 aromatic heterocycles. The highest BCUT2D eigenvalue weighted by Gasteiger charge is 2.43. The highest BCUT2D eigenvalue weighted by Crippen LogP contribution is 2.49. The molecule has 0 saturated heterocycles. The molecule has 3 nitrogen and oxygen atoms in total. The van der Waals surface area contributed by atoms with Gasteiger partial charge in [0.15, 0.2) is 0 Å². The van der Waals surface area contributed by atoms with Crippen molar-refractivity contribution in [3.8, 4) is 0 Å². The van der Waals surface area contributed by atoms with Gasteiger partial charge < -0.3 is 10.1 Å². The molecule has 2 aliphatic rings. The first-order chi connectivity index (χ1) is 9.43. The largest absolute Gasteiger partial charge is 0.372 e. The maximum Gasteiger partial charge on any atom is 0.224 e. The number of benzene rings is 1. The van der Waals surface area contributed by atoms with Gasteiger partial charge >= 0.3 is 0 Å². The molecule has 0 fully saturated rings. The predicted octanol–water partition coefficient (Wildman–Crippen LogP) is 3.08. The van der Waals surface area contributed by atoms with Crippen LogP contribution in [0.4, 0.5) is 0 Å². The zero-order valence-corrected chi connectivity index (χ0v) is 12.5. The maximum absolute atomic E-state index is 12.1. The average Bonchev–Trinajstić information content (AvgIpc) is 2.70. The molecule has 3 rings (SSSR count). The summed E-state index contributed by atoms with van der Waals surface area (Å²) in [4.78, 5) is 12.1. The fourth-order valence-electron chi connectivity index (χ4n) is 3.39. The molecule has 0 unspecified atom stereocenters. The second-order valence-electron chi connectivity index (χ2n) is 6.68. The molecule has 106 valence electrons. The first-order valence-corrected chi connectivity index (χ1v) is 7.08. The lowest BCUT2D eigenvalue weighted by molar-refractivity contribution is -0.121. The molecule has 0 radical (unpaired) electrons. The summed E-state index contributed by atoms with van der Waals surface area (Å²) in [5.41, 5.74) is 4.73. The van der Waals surface area contributed by atoms with Crippen LogP contribution in [0.25, 0.3) is 5.57 Å². The van der Waals surface area contributed by atoms with Crippen molar-refractivity contribution in [3.05, 3.63) is 41.0 Å². The van der Waals surface area contributed by atoms with Crippen LogP contribution in [0.5, 0.6) is 0 Å². The fourth-order valence-corrected chi connectivity index (χ4v) is 3.39. The normalized spacial score (nSPS) is 25.3. The molecule has 1 aliphatic heterocycles. The van der Waals surface area contributed by atoms with E-state index < -0.39 is 0 Å². The van der Waals surface area contributed by atoms with E-state index in [0.717, 1.165) is 5.57 Å². The number of methoxy groups -OCH3 is 1. The Labute approximate surface area is 120 Å². The Kier molecular flexibility index (Phi) is 2.98. The van der Waals surface area contributed by atoms with Crippen molar-refractivity contribution in [3.63, 3.8) is 0 Å². The monoisotopic (exact) mass is 271 g/mol. The van der Waals surface area contributed by atoms with Crippen molar-refractivity contribution in [2.45, 2.75) is 39.3 Å². The zero-order chi connectivity index (χ0) is 14.5. The van der Waals surface area contributed by atoms with E-state index in [4.69, 9.17) is 4.74 Å². The van der Waals surface area contributed by atoms with Gasteiger partial charge in [-0.2, -0.15) is 0 Å². The molecule has 0 saturated carbocycles. The number of nitrogens with one attached hydrogen (secondary N) is 1. The third-order valence-corrected chi connectivity index (χ3v) is 4.25. The summed E-state index contributed by atoms with van der Waals surface area (Å²) >= 11 is 0. The SMILES string of the molecule is CO[C@H]1C2=C(CC(=O)N[C@H]2C(C)(C)C)c2ccccc21. The van der Waals surface area contributed by atoms with Crippen molar-refractivity contribution in [1.29, 1.82) is 0 Å². The van der Waals surface area contributed by atoms with Gasteiger partial charge in [0.2, 0.25) is 5.91 Å². The van der Waals surface area contributed by atoms with E-state index in [1.807, 2.05) is 12.1 Å². The van der Waals surface area contributed by atoms with E-state index in [-0.39, 0.29) is 23.5 Å². The third kappa shape index (κ3) is 1.88. The number of fused-ring (bicyclic) bond motifs is 2. The second kappa shape index (κ2) is 4.45. The van der Waals surface area contributed by atoms with Gasteiger partial charge in [-0.15, -0.1) is 0 Å². The third-order valence-electron chi connectivity index (χ3n) is 4.25. The molecule has 1 amide bonds. The van der Waals surface area contributed by atoms with Gasteiger partial charge in [0, 0.05) is 7.11 Å². The number of carbonyl (C=O) groups excluding carboxylic acids is 1. The van der Waals surface area contributed by atoms with Crippen molar-refractivity contribution in [2.75, 3.05) is 7.11 Å². The van der Waals surface area contributed by atoms with Crippen LogP contribution in [-0.4, -0.2) is 19.1 Å². The Morgan fingerprint density at radius 1 is 1.25 bits per heavy atom. The highest BCUT2D eigenvalue weighted by molar-refractivity contribution is 5.96. The van der Waals surface area contributed by atoms with E-state index in [2.05, 4.69) is 38.2 Å². The number of amides is 1. The molecule has 1 aliphatic carbocycles. The number of hydrogen-bond acceptors (Lipinski definition) is 2. The summed E-state index contributed by atoms with van der Waals surface area (Å²) < 4.78 is 5.76. The minimum atomic E-state index is -0.0361. The summed E-state index contributed by atoms with van der Waals surface area (Å²) in [6.07, 6.45) is 0.421. The van der Waals surface area contributed by atoms with Crippen molar-refractivity contribution in [2.24, 2.45) is 5.41 Å². The van der Waals surface area contributed by atoms with Crippen LogP contribution in [0, 0.1) is 5.41 Å². The molecule has 1 N–H and O–H groups in total. The number of carbonyl (C=O) groups is 1. The van der Waals surface area contributed by atoms with Gasteiger partial charge in [0.1, 0.15) is 6.10 Å². The Morgan fingerprint density at radius 3 is 2.60 bits per heavy atom. The van der Waals surface area contributed by atoms with Crippen LogP contribution in [-0.2, 0) is 9.53 Å². The lowest BCUT2D eigenvalue weighted by atomic mass is 9.77. The maximum atomic E-state index is 12.1. The van der Waals surface area contributed by atoms with Gasteiger partial charge in [0.05, 0.1) is 12.5 Å².